The SMILES string of the molecule is O=C1CC[C@H](N2Cc3c(ccc4c3OCC43CCN(Cc4cccc(-c5cnn([C@H]6CCOC6)c5)c4)CC3)C2=O)C(=O)N1. The van der Waals surface area contributed by atoms with Gasteiger partial charge in [-0.25, -0.2) is 0 Å². The van der Waals surface area contributed by atoms with Crippen LogP contribution < -0.4 is 10.1 Å². The molecule has 5 aliphatic heterocycles. The van der Waals surface area contributed by atoms with Crippen molar-refractivity contribution in [3.63, 3.8) is 0 Å². The fraction of sp³-hybridized carbons (Fsp3) is 0.455. The number of nitrogens with zero attached hydrogens (tertiary/aromatic N) is 4. The minimum absolute atomic E-state index is 0.0631. The van der Waals surface area contributed by atoms with Crippen LogP contribution in [0.1, 0.15) is 65.2 Å². The smallest absolute Gasteiger partial charge is 0.255 e. The Hall–Kier alpha value is -4.02. The highest BCUT2D eigenvalue weighted by Gasteiger charge is 2.47. The predicted molar refractivity (Wildman–Crippen MR) is 156 cm³/mol. The summed E-state index contributed by atoms with van der Waals surface area (Å²) in [4.78, 5) is 41.5. The van der Waals surface area contributed by atoms with Gasteiger partial charge in [-0.2, -0.15) is 5.10 Å². The summed E-state index contributed by atoms with van der Waals surface area (Å²) in [5, 5.41) is 6.98. The van der Waals surface area contributed by atoms with E-state index in [9.17, 15) is 14.4 Å². The van der Waals surface area contributed by atoms with Crippen molar-refractivity contribution in [2.45, 2.75) is 62.7 Å². The first-order valence-corrected chi connectivity index (χ1v) is 15.3. The number of carbonyl (C=O) groups excluding carboxylic acids is 3. The summed E-state index contributed by atoms with van der Waals surface area (Å²) in [7, 11) is 0. The minimum Gasteiger partial charge on any atom is -0.492 e. The maximum Gasteiger partial charge on any atom is 0.255 e. The second kappa shape index (κ2) is 10.3. The second-order valence-corrected chi connectivity index (χ2v) is 12.6. The lowest BCUT2D eigenvalue weighted by Crippen LogP contribution is -2.52. The highest BCUT2D eigenvalue weighted by atomic mass is 16.5. The Kier molecular flexibility index (Phi) is 6.38. The monoisotopic (exact) mass is 581 g/mol. The quantitative estimate of drug-likeness (QED) is 0.462. The summed E-state index contributed by atoms with van der Waals surface area (Å²) in [5.74, 6) is -0.00278. The first-order chi connectivity index (χ1) is 21.0. The van der Waals surface area contributed by atoms with Crippen molar-refractivity contribution in [3.05, 3.63) is 71.0 Å². The number of fused-ring (bicyclic) bond motifs is 4. The van der Waals surface area contributed by atoms with Crippen molar-refractivity contribution in [3.8, 4) is 16.9 Å². The van der Waals surface area contributed by atoms with Gasteiger partial charge in [0.2, 0.25) is 11.8 Å². The van der Waals surface area contributed by atoms with E-state index >= 15 is 0 Å². The first kappa shape index (κ1) is 26.6. The van der Waals surface area contributed by atoms with Crippen molar-refractivity contribution >= 4 is 17.7 Å². The molecule has 0 radical (unpaired) electrons. The average Bonchev–Trinajstić information content (AvgIpc) is 3.82. The van der Waals surface area contributed by atoms with E-state index < -0.39 is 11.9 Å². The number of carbonyl (C=O) groups is 3. The van der Waals surface area contributed by atoms with Crippen LogP contribution in [-0.4, -0.2) is 76.3 Å². The van der Waals surface area contributed by atoms with Crippen molar-refractivity contribution in [1.82, 2.24) is 24.9 Å². The Morgan fingerprint density at radius 2 is 1.93 bits per heavy atom. The highest BCUT2D eigenvalue weighted by molar-refractivity contribution is 6.05. The number of rotatable bonds is 5. The van der Waals surface area contributed by atoms with Gasteiger partial charge in [0, 0.05) is 53.4 Å². The summed E-state index contributed by atoms with van der Waals surface area (Å²) in [5.41, 5.74) is 6.23. The molecule has 2 atom stereocenters. The van der Waals surface area contributed by atoms with E-state index in [2.05, 4.69) is 51.8 Å². The molecule has 1 aromatic heterocycles. The molecule has 5 aliphatic rings. The van der Waals surface area contributed by atoms with Crippen LogP contribution in [0.2, 0.25) is 0 Å². The summed E-state index contributed by atoms with van der Waals surface area (Å²) in [6, 6.07) is 12.5. The van der Waals surface area contributed by atoms with Gasteiger partial charge in [-0.3, -0.25) is 29.3 Å². The van der Waals surface area contributed by atoms with Gasteiger partial charge in [0.1, 0.15) is 11.8 Å². The van der Waals surface area contributed by atoms with Crippen LogP contribution in [0.3, 0.4) is 0 Å². The number of hydrogen-bond donors (Lipinski definition) is 1. The van der Waals surface area contributed by atoms with Crippen molar-refractivity contribution in [1.29, 1.82) is 0 Å². The van der Waals surface area contributed by atoms with E-state index in [0.29, 0.717) is 31.2 Å². The molecule has 3 amide bonds. The van der Waals surface area contributed by atoms with E-state index in [0.717, 1.165) is 69.0 Å². The zero-order valence-electron chi connectivity index (χ0n) is 24.1. The average molecular weight is 582 g/mol. The third kappa shape index (κ3) is 4.55. The standard InChI is InChI=1S/C33H35N5O5/c39-29-7-6-28(31(40)35-29)37-18-26-25(32(37)41)4-5-27-30(26)43-20-33(27)9-11-36(12-10-33)16-21-2-1-3-22(14-21)23-15-34-38(17-23)24-8-13-42-19-24/h1-5,14-15,17,24,28H,6-13,16,18-20H2,(H,35,39,40)/t24-,28-/m0/s1. The van der Waals surface area contributed by atoms with Crippen LogP contribution in [0.4, 0.5) is 0 Å². The molecular weight excluding hydrogens is 546 g/mol. The van der Waals surface area contributed by atoms with Crippen molar-refractivity contribution < 1.29 is 23.9 Å². The molecule has 3 aromatic rings. The third-order valence-electron chi connectivity index (χ3n) is 10.1. The van der Waals surface area contributed by atoms with Crippen LogP contribution in [-0.2, 0) is 32.8 Å². The van der Waals surface area contributed by atoms with Gasteiger partial charge in [0.25, 0.3) is 5.91 Å². The molecule has 0 aliphatic carbocycles. The van der Waals surface area contributed by atoms with Gasteiger partial charge < -0.3 is 14.4 Å². The molecular formula is C33H35N5O5. The molecule has 222 valence electrons. The largest absolute Gasteiger partial charge is 0.492 e. The number of benzene rings is 2. The maximum atomic E-state index is 13.3. The van der Waals surface area contributed by atoms with E-state index in [1.165, 1.54) is 16.7 Å². The van der Waals surface area contributed by atoms with Gasteiger partial charge in [0.15, 0.2) is 0 Å². The molecule has 6 heterocycles. The fourth-order valence-electron chi connectivity index (χ4n) is 7.56. The van der Waals surface area contributed by atoms with E-state index in [-0.39, 0.29) is 23.7 Å². The lowest BCUT2D eigenvalue weighted by Gasteiger charge is -2.38. The highest BCUT2D eigenvalue weighted by Crippen LogP contribution is 2.49. The molecule has 10 nitrogen and oxygen atoms in total. The van der Waals surface area contributed by atoms with Crippen molar-refractivity contribution in [2.24, 2.45) is 0 Å². The topological polar surface area (TPSA) is 106 Å². The van der Waals surface area contributed by atoms with E-state index in [1.807, 2.05) is 16.9 Å². The summed E-state index contributed by atoms with van der Waals surface area (Å²) in [6.07, 6.45) is 7.67. The molecule has 0 bridgehead atoms. The molecule has 0 saturated carbocycles. The number of amides is 3. The van der Waals surface area contributed by atoms with Crippen LogP contribution in [0.25, 0.3) is 11.1 Å². The number of hydrogen-bond acceptors (Lipinski definition) is 7. The molecule has 3 saturated heterocycles. The van der Waals surface area contributed by atoms with E-state index in [1.54, 1.807) is 4.90 Å². The normalized spacial score (nSPS) is 24.7. The molecule has 0 unspecified atom stereocenters. The Bertz CT molecular complexity index is 1620. The number of imide groups is 1. The summed E-state index contributed by atoms with van der Waals surface area (Å²) in [6.45, 7) is 5.31. The molecule has 3 fully saturated rings. The number of nitrogens with one attached hydrogen (secondary N) is 1. The van der Waals surface area contributed by atoms with Gasteiger partial charge in [0.05, 0.1) is 32.0 Å². The zero-order chi connectivity index (χ0) is 29.1. The van der Waals surface area contributed by atoms with Crippen LogP contribution >= 0.6 is 0 Å². The molecule has 43 heavy (non-hydrogen) atoms. The maximum absolute atomic E-state index is 13.3. The predicted octanol–water partition coefficient (Wildman–Crippen LogP) is 3.20. The third-order valence-corrected chi connectivity index (χ3v) is 10.1. The lowest BCUT2D eigenvalue weighted by atomic mass is 9.74. The minimum atomic E-state index is -0.622. The second-order valence-electron chi connectivity index (χ2n) is 12.6. The molecule has 8 rings (SSSR count). The Labute approximate surface area is 249 Å². The molecule has 10 heteroatoms. The molecule has 1 spiro atoms. The fourth-order valence-corrected chi connectivity index (χ4v) is 7.56. The Balaban J connectivity index is 0.943. The van der Waals surface area contributed by atoms with Gasteiger partial charge >= 0.3 is 0 Å². The molecule has 2 aromatic carbocycles. The van der Waals surface area contributed by atoms with Gasteiger partial charge in [-0.15, -0.1) is 0 Å². The Morgan fingerprint density at radius 3 is 2.74 bits per heavy atom. The number of likely N-dealkylation sites (tertiary alicyclic amines) is 1. The molecule has 1 N–H and O–H groups in total. The Morgan fingerprint density at radius 1 is 1.05 bits per heavy atom. The first-order valence-electron chi connectivity index (χ1n) is 15.3. The summed E-state index contributed by atoms with van der Waals surface area (Å²) < 4.78 is 13.9. The van der Waals surface area contributed by atoms with Gasteiger partial charge in [-0.05, 0) is 62.0 Å². The van der Waals surface area contributed by atoms with Crippen LogP contribution in [0.15, 0.2) is 48.8 Å². The van der Waals surface area contributed by atoms with Crippen LogP contribution in [0.5, 0.6) is 5.75 Å². The number of piperidine rings is 2. The lowest BCUT2D eigenvalue weighted by molar-refractivity contribution is -0.136. The zero-order valence-corrected chi connectivity index (χ0v) is 24.1. The van der Waals surface area contributed by atoms with E-state index in [4.69, 9.17) is 9.47 Å². The van der Waals surface area contributed by atoms with Crippen LogP contribution in [0, 0.1) is 0 Å². The van der Waals surface area contributed by atoms with Crippen molar-refractivity contribution in [2.75, 3.05) is 32.9 Å². The number of aromatic nitrogens is 2. The van der Waals surface area contributed by atoms with Gasteiger partial charge in [-0.1, -0.05) is 24.3 Å². The summed E-state index contributed by atoms with van der Waals surface area (Å²) >= 11 is 0. The number of ether oxygens (including phenoxy) is 2.